The second-order valence-corrected chi connectivity index (χ2v) is 7.83. The number of hydrogen-bond acceptors (Lipinski definition) is 3. The molecule has 4 aromatic rings. The summed E-state index contributed by atoms with van der Waals surface area (Å²) in [6, 6.07) is 25.5. The van der Waals surface area contributed by atoms with E-state index in [-0.39, 0.29) is 5.56 Å². The second kappa shape index (κ2) is 8.63. The predicted molar refractivity (Wildman–Crippen MR) is 117 cm³/mol. The molecule has 4 rings (SSSR count). The maximum Gasteiger partial charge on any atom is 0.262 e. The molecule has 140 valence electrons. The van der Waals surface area contributed by atoms with E-state index in [0.717, 1.165) is 27.7 Å². The number of benzene rings is 3. The number of hydrogen-bond donors (Lipinski definition) is 0. The van der Waals surface area contributed by atoms with Crippen molar-refractivity contribution in [3.63, 3.8) is 0 Å². The van der Waals surface area contributed by atoms with E-state index in [2.05, 4.69) is 12.1 Å². The molecule has 0 saturated carbocycles. The van der Waals surface area contributed by atoms with Crippen LogP contribution < -0.4 is 5.56 Å². The van der Waals surface area contributed by atoms with Gasteiger partial charge in [-0.25, -0.2) is 4.98 Å². The number of halogens is 1. The molecule has 0 bridgehead atoms. The van der Waals surface area contributed by atoms with Gasteiger partial charge in [0.05, 0.1) is 10.9 Å². The van der Waals surface area contributed by atoms with Crippen LogP contribution >= 0.6 is 23.4 Å². The average molecular weight is 407 g/mol. The van der Waals surface area contributed by atoms with E-state index in [9.17, 15) is 4.79 Å². The first-order valence-electron chi connectivity index (χ1n) is 9.12. The largest absolute Gasteiger partial charge is 0.287 e. The first kappa shape index (κ1) is 18.8. The summed E-state index contributed by atoms with van der Waals surface area (Å²) in [6.07, 6.45) is 0.778. The van der Waals surface area contributed by atoms with Crippen molar-refractivity contribution in [2.75, 3.05) is 0 Å². The van der Waals surface area contributed by atoms with Crippen molar-refractivity contribution in [2.24, 2.45) is 0 Å². The van der Waals surface area contributed by atoms with Crippen LogP contribution in [0.2, 0.25) is 5.02 Å². The number of rotatable bonds is 6. The van der Waals surface area contributed by atoms with Gasteiger partial charge in [0.25, 0.3) is 5.56 Å². The standard InChI is InChI=1S/C23H19ClN2OS/c24-20-12-6-4-10-18(20)16-28-23-25-21-13-7-5-11-19(21)22(27)26(23)15-14-17-8-2-1-3-9-17/h1-13H,14-16H2. The van der Waals surface area contributed by atoms with Crippen molar-refractivity contribution < 1.29 is 0 Å². The van der Waals surface area contributed by atoms with Gasteiger partial charge in [-0.2, -0.15) is 0 Å². The Bertz CT molecular complexity index is 1160. The molecule has 0 aliphatic carbocycles. The minimum absolute atomic E-state index is 0.00295. The molecule has 0 atom stereocenters. The van der Waals surface area contributed by atoms with E-state index >= 15 is 0 Å². The Morgan fingerprint density at radius 1 is 0.893 bits per heavy atom. The van der Waals surface area contributed by atoms with Gasteiger partial charge in [-0.3, -0.25) is 9.36 Å². The highest BCUT2D eigenvalue weighted by atomic mass is 35.5. The number of fused-ring (bicyclic) bond motifs is 1. The zero-order valence-corrected chi connectivity index (χ0v) is 16.8. The Kier molecular flexibility index (Phi) is 5.79. The summed E-state index contributed by atoms with van der Waals surface area (Å²) in [5, 5.41) is 2.10. The van der Waals surface area contributed by atoms with Gasteiger partial charge in [0.1, 0.15) is 0 Å². The van der Waals surface area contributed by atoms with Crippen molar-refractivity contribution in [3.8, 4) is 0 Å². The van der Waals surface area contributed by atoms with Crippen molar-refractivity contribution in [1.29, 1.82) is 0 Å². The van der Waals surface area contributed by atoms with Gasteiger partial charge in [0, 0.05) is 17.3 Å². The molecule has 0 N–H and O–H groups in total. The van der Waals surface area contributed by atoms with E-state index in [1.807, 2.05) is 66.7 Å². The third-order valence-corrected chi connectivity index (χ3v) is 6.00. The maximum absolute atomic E-state index is 13.1. The lowest BCUT2D eigenvalue weighted by atomic mass is 10.1. The lowest BCUT2D eigenvalue weighted by molar-refractivity contribution is 0.595. The molecule has 0 unspecified atom stereocenters. The van der Waals surface area contributed by atoms with Crippen LogP contribution in [0.25, 0.3) is 10.9 Å². The fourth-order valence-corrected chi connectivity index (χ4v) is 4.41. The van der Waals surface area contributed by atoms with E-state index < -0.39 is 0 Å². The van der Waals surface area contributed by atoms with Gasteiger partial charge in [-0.15, -0.1) is 0 Å². The van der Waals surface area contributed by atoms with Crippen LogP contribution in [0.5, 0.6) is 0 Å². The molecule has 1 aromatic heterocycles. The van der Waals surface area contributed by atoms with Gasteiger partial charge < -0.3 is 0 Å². The molecule has 0 amide bonds. The van der Waals surface area contributed by atoms with Crippen LogP contribution in [0.4, 0.5) is 0 Å². The Morgan fingerprint density at radius 3 is 2.43 bits per heavy atom. The lowest BCUT2D eigenvalue weighted by Crippen LogP contribution is -2.24. The maximum atomic E-state index is 13.1. The molecule has 5 heteroatoms. The van der Waals surface area contributed by atoms with E-state index in [4.69, 9.17) is 16.6 Å². The Balaban J connectivity index is 1.68. The van der Waals surface area contributed by atoms with Gasteiger partial charge in [0.15, 0.2) is 5.16 Å². The smallest absolute Gasteiger partial charge is 0.262 e. The van der Waals surface area contributed by atoms with Crippen LogP contribution in [0, 0.1) is 0 Å². The molecule has 1 heterocycles. The SMILES string of the molecule is O=c1c2ccccc2nc(SCc2ccccc2Cl)n1CCc1ccccc1. The van der Waals surface area contributed by atoms with Crippen molar-refractivity contribution >= 4 is 34.3 Å². The molecule has 0 spiro atoms. The summed E-state index contributed by atoms with van der Waals surface area (Å²) in [4.78, 5) is 17.9. The van der Waals surface area contributed by atoms with Crippen molar-refractivity contribution in [2.45, 2.75) is 23.9 Å². The quantitative estimate of drug-likeness (QED) is 0.309. The Hall–Kier alpha value is -2.56. The van der Waals surface area contributed by atoms with Crippen LogP contribution in [0.1, 0.15) is 11.1 Å². The molecule has 0 aliphatic heterocycles. The molecular formula is C23H19ClN2OS. The topological polar surface area (TPSA) is 34.9 Å². The van der Waals surface area contributed by atoms with E-state index in [0.29, 0.717) is 17.7 Å². The zero-order valence-electron chi connectivity index (χ0n) is 15.2. The molecule has 0 saturated heterocycles. The number of aromatic nitrogens is 2. The predicted octanol–water partition coefficient (Wildman–Crippen LogP) is 5.58. The first-order chi connectivity index (χ1) is 13.7. The number of thioether (sulfide) groups is 1. The summed E-state index contributed by atoms with van der Waals surface area (Å²) >= 11 is 7.84. The highest BCUT2D eigenvalue weighted by molar-refractivity contribution is 7.98. The third-order valence-electron chi connectivity index (χ3n) is 4.61. The number of aryl methyl sites for hydroxylation is 1. The van der Waals surface area contributed by atoms with Gasteiger partial charge in [0.2, 0.25) is 0 Å². The van der Waals surface area contributed by atoms with Crippen molar-refractivity contribution in [1.82, 2.24) is 9.55 Å². The number of para-hydroxylation sites is 1. The minimum Gasteiger partial charge on any atom is -0.287 e. The summed E-state index contributed by atoms with van der Waals surface area (Å²) in [5.41, 5.74) is 2.96. The highest BCUT2D eigenvalue weighted by Crippen LogP contribution is 2.26. The normalized spacial score (nSPS) is 11.0. The monoisotopic (exact) mass is 406 g/mol. The Morgan fingerprint density at radius 2 is 1.61 bits per heavy atom. The van der Waals surface area contributed by atoms with E-state index in [1.54, 1.807) is 16.3 Å². The van der Waals surface area contributed by atoms with Crippen LogP contribution in [-0.4, -0.2) is 9.55 Å². The molecule has 0 fully saturated rings. The van der Waals surface area contributed by atoms with Crippen LogP contribution in [0.3, 0.4) is 0 Å². The average Bonchev–Trinajstić information content (AvgIpc) is 2.73. The highest BCUT2D eigenvalue weighted by Gasteiger charge is 2.12. The summed E-state index contributed by atoms with van der Waals surface area (Å²) < 4.78 is 1.79. The minimum atomic E-state index is 0.00295. The molecular weight excluding hydrogens is 388 g/mol. The van der Waals surface area contributed by atoms with E-state index in [1.165, 1.54) is 5.56 Å². The molecule has 0 aliphatic rings. The fourth-order valence-electron chi connectivity index (χ4n) is 3.10. The molecule has 3 nitrogen and oxygen atoms in total. The Labute approximate surface area is 173 Å². The van der Waals surface area contributed by atoms with Gasteiger partial charge in [-0.05, 0) is 35.7 Å². The molecule has 3 aromatic carbocycles. The first-order valence-corrected chi connectivity index (χ1v) is 10.5. The summed E-state index contributed by atoms with van der Waals surface area (Å²) in [7, 11) is 0. The lowest BCUT2D eigenvalue weighted by Gasteiger charge is -2.13. The van der Waals surface area contributed by atoms with Gasteiger partial charge in [-0.1, -0.05) is 84.0 Å². The van der Waals surface area contributed by atoms with Crippen molar-refractivity contribution in [3.05, 3.63) is 105 Å². The molecule has 28 heavy (non-hydrogen) atoms. The van der Waals surface area contributed by atoms with Crippen LogP contribution in [0.15, 0.2) is 88.8 Å². The molecule has 0 radical (unpaired) electrons. The zero-order chi connectivity index (χ0) is 19.3. The van der Waals surface area contributed by atoms with Crippen LogP contribution in [-0.2, 0) is 18.7 Å². The van der Waals surface area contributed by atoms with Gasteiger partial charge >= 0.3 is 0 Å². The fraction of sp³-hybridized carbons (Fsp3) is 0.130. The summed E-state index contributed by atoms with van der Waals surface area (Å²) in [5.74, 6) is 0.662. The third kappa shape index (κ3) is 4.13. The second-order valence-electron chi connectivity index (χ2n) is 6.48. The summed E-state index contributed by atoms with van der Waals surface area (Å²) in [6.45, 7) is 0.589. The number of nitrogens with zero attached hydrogens (tertiary/aromatic N) is 2.